The van der Waals surface area contributed by atoms with Crippen molar-refractivity contribution in [2.24, 2.45) is 0 Å². The van der Waals surface area contributed by atoms with Gasteiger partial charge in [0.15, 0.2) is 11.6 Å². The van der Waals surface area contributed by atoms with Crippen LogP contribution >= 0.6 is 0 Å². The molecule has 1 N–H and O–H groups in total. The van der Waals surface area contributed by atoms with E-state index in [-0.39, 0.29) is 18.0 Å². The summed E-state index contributed by atoms with van der Waals surface area (Å²) >= 11 is 0. The lowest BCUT2D eigenvalue weighted by molar-refractivity contribution is -0.116. The smallest absolute Gasteiger partial charge is 0.245 e. The molecule has 0 saturated carbocycles. The van der Waals surface area contributed by atoms with Gasteiger partial charge in [0.25, 0.3) is 0 Å². The number of halogens is 2. The minimum Gasteiger partial charge on any atom is -0.321 e. The average Bonchev–Trinajstić information content (AvgIpc) is 3.04. The molecule has 8 heteroatoms. The number of aromatic nitrogens is 4. The molecule has 3 rings (SSSR count). The first-order valence-electron chi connectivity index (χ1n) is 7.82. The van der Waals surface area contributed by atoms with Crippen LogP contribution in [0.2, 0.25) is 0 Å². The first-order valence-corrected chi connectivity index (χ1v) is 7.82. The Labute approximate surface area is 143 Å². The third-order valence-electron chi connectivity index (χ3n) is 3.71. The summed E-state index contributed by atoms with van der Waals surface area (Å²) in [5.74, 6) is -1.67. The Hall–Kier alpha value is -2.77. The monoisotopic (exact) mass is 347 g/mol. The Morgan fingerprint density at radius 1 is 1.20 bits per heavy atom. The number of rotatable bonds is 3. The van der Waals surface area contributed by atoms with Gasteiger partial charge in [-0.25, -0.2) is 18.4 Å². The fourth-order valence-corrected chi connectivity index (χ4v) is 2.62. The van der Waals surface area contributed by atoms with Crippen LogP contribution in [0.15, 0.2) is 24.5 Å². The summed E-state index contributed by atoms with van der Waals surface area (Å²) in [5, 5.41) is 7.21. The zero-order valence-corrected chi connectivity index (χ0v) is 14.5. The third-order valence-corrected chi connectivity index (χ3v) is 3.71. The van der Waals surface area contributed by atoms with Crippen LogP contribution in [0.25, 0.3) is 11.0 Å². The normalized spacial score (nSPS) is 11.9. The van der Waals surface area contributed by atoms with Crippen LogP contribution in [-0.2, 0) is 16.9 Å². The van der Waals surface area contributed by atoms with Crippen molar-refractivity contribution in [3.63, 3.8) is 0 Å². The van der Waals surface area contributed by atoms with Gasteiger partial charge in [0.1, 0.15) is 12.4 Å². The molecule has 0 bridgehead atoms. The fraction of sp³-hybridized carbons (Fsp3) is 0.353. The second-order valence-electron chi connectivity index (χ2n) is 6.93. The van der Waals surface area contributed by atoms with Gasteiger partial charge in [-0.2, -0.15) is 5.10 Å². The number of nitrogens with zero attached hydrogens (tertiary/aromatic N) is 4. The Kier molecular flexibility index (Phi) is 4.06. The molecule has 0 radical (unpaired) electrons. The molecule has 132 valence electrons. The number of carbonyl (C=O) groups is 1. The quantitative estimate of drug-likeness (QED) is 0.791. The van der Waals surface area contributed by atoms with Crippen LogP contribution in [0.4, 0.5) is 14.6 Å². The third kappa shape index (κ3) is 3.38. The highest BCUT2D eigenvalue weighted by Gasteiger charge is 2.20. The summed E-state index contributed by atoms with van der Waals surface area (Å²) in [6.07, 6.45) is 1.38. The molecule has 1 aromatic carbocycles. The zero-order valence-electron chi connectivity index (χ0n) is 14.5. The van der Waals surface area contributed by atoms with Crippen LogP contribution < -0.4 is 5.32 Å². The van der Waals surface area contributed by atoms with Crippen LogP contribution in [0.3, 0.4) is 0 Å². The number of carbonyl (C=O) groups excluding carboxylic acids is 1. The van der Waals surface area contributed by atoms with Crippen LogP contribution in [0, 0.1) is 18.6 Å². The van der Waals surface area contributed by atoms with Gasteiger partial charge in [0.2, 0.25) is 5.91 Å². The van der Waals surface area contributed by atoms with Gasteiger partial charge in [-0.3, -0.25) is 4.79 Å². The number of hydrogen-bond donors (Lipinski definition) is 1. The topological polar surface area (TPSA) is 64.7 Å². The molecule has 2 aromatic heterocycles. The molecule has 25 heavy (non-hydrogen) atoms. The van der Waals surface area contributed by atoms with E-state index in [2.05, 4.69) is 15.4 Å². The summed E-state index contributed by atoms with van der Waals surface area (Å²) in [7, 11) is 0. The molecule has 3 aromatic rings. The minimum absolute atomic E-state index is 0.0735. The number of amides is 1. The standard InChI is InChI=1S/C17H19F2N5O/c1-10-5-15(24(22-10)17(2,3)4)21-16(25)8-23-9-20-13-6-11(18)12(19)7-14(13)23/h5-7,9H,8H2,1-4H3,(H,21,25). The molecule has 0 aliphatic carbocycles. The highest BCUT2D eigenvalue weighted by Crippen LogP contribution is 2.22. The van der Waals surface area contributed by atoms with E-state index in [0.29, 0.717) is 16.9 Å². The van der Waals surface area contributed by atoms with E-state index < -0.39 is 11.6 Å². The summed E-state index contributed by atoms with van der Waals surface area (Å²) in [4.78, 5) is 16.4. The largest absolute Gasteiger partial charge is 0.321 e. The summed E-state index contributed by atoms with van der Waals surface area (Å²) in [6, 6.07) is 3.83. The van der Waals surface area contributed by atoms with Crippen LogP contribution in [-0.4, -0.2) is 25.2 Å². The zero-order chi connectivity index (χ0) is 18.4. The lowest BCUT2D eigenvalue weighted by atomic mass is 10.1. The molecule has 1 amide bonds. The van der Waals surface area contributed by atoms with E-state index in [1.54, 1.807) is 10.7 Å². The van der Waals surface area contributed by atoms with Crippen molar-refractivity contribution in [2.75, 3.05) is 5.32 Å². The van der Waals surface area contributed by atoms with E-state index in [0.717, 1.165) is 17.8 Å². The Balaban J connectivity index is 1.84. The highest BCUT2D eigenvalue weighted by molar-refractivity contribution is 5.91. The number of fused-ring (bicyclic) bond motifs is 1. The molecule has 0 atom stereocenters. The number of nitrogens with one attached hydrogen (secondary N) is 1. The average molecular weight is 347 g/mol. The number of hydrogen-bond acceptors (Lipinski definition) is 3. The van der Waals surface area contributed by atoms with Crippen molar-refractivity contribution < 1.29 is 13.6 Å². The number of benzene rings is 1. The molecule has 0 unspecified atom stereocenters. The van der Waals surface area contributed by atoms with Gasteiger partial charge in [0.05, 0.1) is 28.6 Å². The van der Waals surface area contributed by atoms with E-state index in [1.807, 2.05) is 27.7 Å². The van der Waals surface area contributed by atoms with Crippen molar-refractivity contribution in [1.82, 2.24) is 19.3 Å². The molecule has 6 nitrogen and oxygen atoms in total. The summed E-state index contributed by atoms with van der Waals surface area (Å²) < 4.78 is 29.9. The van der Waals surface area contributed by atoms with E-state index in [9.17, 15) is 13.6 Å². The first kappa shape index (κ1) is 17.1. The van der Waals surface area contributed by atoms with Gasteiger partial charge in [-0.05, 0) is 27.7 Å². The van der Waals surface area contributed by atoms with Crippen molar-refractivity contribution in [1.29, 1.82) is 0 Å². The number of imidazole rings is 1. The predicted molar refractivity (Wildman–Crippen MR) is 90.2 cm³/mol. The van der Waals surface area contributed by atoms with Crippen molar-refractivity contribution in [3.8, 4) is 0 Å². The molecule has 0 aliphatic rings. The SMILES string of the molecule is Cc1cc(NC(=O)Cn2cnc3cc(F)c(F)cc32)n(C(C)(C)C)n1. The van der Waals surface area contributed by atoms with E-state index >= 15 is 0 Å². The molecule has 0 aliphatic heterocycles. The molecule has 0 fully saturated rings. The summed E-state index contributed by atoms with van der Waals surface area (Å²) in [5.41, 5.74) is 1.15. The highest BCUT2D eigenvalue weighted by atomic mass is 19.2. The lowest BCUT2D eigenvalue weighted by Gasteiger charge is -2.22. The number of aryl methyl sites for hydroxylation is 1. The molecular weight excluding hydrogens is 328 g/mol. The molecule has 0 spiro atoms. The molecule has 2 heterocycles. The van der Waals surface area contributed by atoms with E-state index in [1.165, 1.54) is 10.9 Å². The van der Waals surface area contributed by atoms with Crippen molar-refractivity contribution >= 4 is 22.8 Å². The van der Waals surface area contributed by atoms with Crippen molar-refractivity contribution in [3.05, 3.63) is 41.9 Å². The van der Waals surface area contributed by atoms with Gasteiger partial charge in [-0.15, -0.1) is 0 Å². The Morgan fingerprint density at radius 3 is 2.56 bits per heavy atom. The van der Waals surface area contributed by atoms with Crippen molar-refractivity contribution in [2.45, 2.75) is 39.8 Å². The fourth-order valence-electron chi connectivity index (χ4n) is 2.62. The van der Waals surface area contributed by atoms with Gasteiger partial charge < -0.3 is 9.88 Å². The lowest BCUT2D eigenvalue weighted by Crippen LogP contribution is -2.28. The maximum Gasteiger partial charge on any atom is 0.245 e. The maximum atomic E-state index is 13.4. The van der Waals surface area contributed by atoms with E-state index in [4.69, 9.17) is 0 Å². The van der Waals surface area contributed by atoms with Gasteiger partial charge in [-0.1, -0.05) is 0 Å². The van der Waals surface area contributed by atoms with Gasteiger partial charge in [0, 0.05) is 18.2 Å². The maximum absolute atomic E-state index is 13.4. The molecular formula is C17H19F2N5O. The Bertz CT molecular complexity index is 952. The second kappa shape index (κ2) is 5.94. The van der Waals surface area contributed by atoms with Crippen LogP contribution in [0.1, 0.15) is 26.5 Å². The Morgan fingerprint density at radius 2 is 1.88 bits per heavy atom. The first-order chi connectivity index (χ1) is 11.6. The minimum atomic E-state index is -0.976. The predicted octanol–water partition coefficient (Wildman–Crippen LogP) is 3.21. The number of anilines is 1. The summed E-state index contributed by atoms with van der Waals surface area (Å²) in [6.45, 7) is 7.72. The van der Waals surface area contributed by atoms with Gasteiger partial charge >= 0.3 is 0 Å². The molecule has 0 saturated heterocycles. The van der Waals surface area contributed by atoms with Crippen LogP contribution in [0.5, 0.6) is 0 Å². The second-order valence-corrected chi connectivity index (χ2v) is 6.93.